The first-order valence-corrected chi connectivity index (χ1v) is 8.50. The van der Waals surface area contributed by atoms with Gasteiger partial charge in [-0.1, -0.05) is 36.4 Å². The number of aromatic amines is 1. The average Bonchev–Trinajstić information content (AvgIpc) is 3.28. The maximum absolute atomic E-state index is 13.4. The Hall–Kier alpha value is -2.90. The number of hydrogen-bond acceptors (Lipinski definition) is 2. The summed E-state index contributed by atoms with van der Waals surface area (Å²) in [6.45, 7) is 8.84. The molecule has 2 N–H and O–H groups in total. The molecule has 0 radical (unpaired) electrons. The molecule has 1 aromatic heterocycles. The summed E-state index contributed by atoms with van der Waals surface area (Å²) in [5, 5.41) is 4.18. The number of Topliss-reactive ketones (excluding diaryl/α,β-unsaturated/α-hetero) is 1. The van der Waals surface area contributed by atoms with Crippen LogP contribution in [0.3, 0.4) is 0 Å². The van der Waals surface area contributed by atoms with E-state index in [2.05, 4.69) is 27.3 Å². The molecule has 2 heterocycles. The Balaban J connectivity index is 1.73. The predicted octanol–water partition coefficient (Wildman–Crippen LogP) is 4.12. The van der Waals surface area contributed by atoms with Crippen molar-refractivity contribution in [3.8, 4) is 0 Å². The highest BCUT2D eigenvalue weighted by Crippen LogP contribution is 2.36. The zero-order valence-corrected chi connectivity index (χ0v) is 13.9. The number of nitrogens with one attached hydrogen (secondary N) is 2. The van der Waals surface area contributed by atoms with Gasteiger partial charge in [-0.25, -0.2) is 4.85 Å². The third-order valence-corrected chi connectivity index (χ3v) is 5.15. The SMILES string of the molecule is [C-]#[N+]c1c[nH]c2ccc(C(=O)C3(Cc4ccccc4)CCNC3)cc12. The van der Waals surface area contributed by atoms with E-state index in [1.165, 1.54) is 5.56 Å². The molecule has 1 fully saturated rings. The fourth-order valence-electron chi connectivity index (χ4n) is 3.80. The van der Waals surface area contributed by atoms with E-state index in [0.717, 1.165) is 30.3 Å². The van der Waals surface area contributed by atoms with Gasteiger partial charge in [0.05, 0.1) is 12.0 Å². The average molecular weight is 329 g/mol. The highest BCUT2D eigenvalue weighted by Gasteiger charge is 2.41. The van der Waals surface area contributed by atoms with Gasteiger partial charge in [-0.2, -0.15) is 0 Å². The fourth-order valence-corrected chi connectivity index (χ4v) is 3.80. The number of carbonyl (C=O) groups excluding carboxylic acids is 1. The van der Waals surface area contributed by atoms with Gasteiger partial charge in [0, 0.05) is 29.2 Å². The van der Waals surface area contributed by atoms with Crippen molar-refractivity contribution >= 4 is 22.4 Å². The molecule has 1 aliphatic rings. The van der Waals surface area contributed by atoms with Crippen LogP contribution in [-0.4, -0.2) is 23.9 Å². The van der Waals surface area contributed by atoms with Gasteiger partial charge in [-0.3, -0.25) is 4.79 Å². The summed E-state index contributed by atoms with van der Waals surface area (Å²) in [5.74, 6) is 0.167. The van der Waals surface area contributed by atoms with E-state index in [1.54, 1.807) is 6.20 Å². The highest BCUT2D eigenvalue weighted by molar-refractivity contribution is 6.05. The molecule has 2 aromatic carbocycles. The second-order valence-electron chi connectivity index (χ2n) is 6.74. The van der Waals surface area contributed by atoms with Crippen LogP contribution in [0, 0.1) is 12.0 Å². The normalized spacial score (nSPS) is 19.8. The van der Waals surface area contributed by atoms with Crippen LogP contribution in [0.25, 0.3) is 15.7 Å². The maximum atomic E-state index is 13.4. The van der Waals surface area contributed by atoms with Crippen molar-refractivity contribution in [3.63, 3.8) is 0 Å². The van der Waals surface area contributed by atoms with Gasteiger partial charge < -0.3 is 10.3 Å². The van der Waals surface area contributed by atoms with Crippen LogP contribution < -0.4 is 5.32 Å². The Bertz CT molecular complexity index is 960. The molecule has 4 heteroatoms. The van der Waals surface area contributed by atoms with Crippen LogP contribution in [-0.2, 0) is 6.42 Å². The van der Waals surface area contributed by atoms with Gasteiger partial charge in [0.25, 0.3) is 0 Å². The van der Waals surface area contributed by atoms with Crippen molar-refractivity contribution in [3.05, 3.63) is 77.3 Å². The van der Waals surface area contributed by atoms with Crippen LogP contribution in [0.5, 0.6) is 0 Å². The lowest BCUT2D eigenvalue weighted by atomic mass is 9.74. The fraction of sp³-hybridized carbons (Fsp3) is 0.238. The molecule has 1 unspecified atom stereocenters. The standard InChI is InChI=1S/C21H19N3O/c1-22-19-13-24-18-8-7-16(11-17(18)19)20(25)21(9-10-23-14-21)12-15-5-3-2-4-6-15/h2-8,11,13,23-24H,9-10,12,14H2. The molecular formula is C21H19N3O. The number of nitrogens with zero attached hydrogens (tertiary/aromatic N) is 1. The van der Waals surface area contributed by atoms with Crippen LogP contribution in [0.2, 0.25) is 0 Å². The number of ketones is 1. The van der Waals surface area contributed by atoms with Crippen molar-refractivity contribution in [2.24, 2.45) is 5.41 Å². The lowest BCUT2D eigenvalue weighted by Gasteiger charge is -2.27. The summed E-state index contributed by atoms with van der Waals surface area (Å²) in [7, 11) is 0. The molecule has 25 heavy (non-hydrogen) atoms. The number of fused-ring (bicyclic) bond motifs is 1. The van der Waals surface area contributed by atoms with Crippen molar-refractivity contribution in [1.82, 2.24) is 10.3 Å². The van der Waals surface area contributed by atoms with E-state index >= 15 is 0 Å². The number of H-pyrrole nitrogens is 1. The molecule has 3 aromatic rings. The molecule has 1 atom stereocenters. The molecule has 0 spiro atoms. The lowest BCUT2D eigenvalue weighted by Crippen LogP contribution is -2.35. The minimum absolute atomic E-state index is 0.167. The molecule has 1 aliphatic heterocycles. The zero-order chi connectivity index (χ0) is 17.3. The van der Waals surface area contributed by atoms with Crippen molar-refractivity contribution in [2.45, 2.75) is 12.8 Å². The largest absolute Gasteiger partial charge is 0.372 e. The second kappa shape index (κ2) is 6.19. The molecule has 0 saturated carbocycles. The van der Waals surface area contributed by atoms with Crippen LogP contribution in [0.1, 0.15) is 22.3 Å². The van der Waals surface area contributed by atoms with Crippen molar-refractivity contribution in [1.29, 1.82) is 0 Å². The Labute approximate surface area is 146 Å². The second-order valence-corrected chi connectivity index (χ2v) is 6.74. The van der Waals surface area contributed by atoms with Gasteiger partial charge in [-0.05, 0) is 37.1 Å². The van der Waals surface area contributed by atoms with Crippen molar-refractivity contribution < 1.29 is 4.79 Å². The molecule has 1 saturated heterocycles. The first-order chi connectivity index (χ1) is 12.2. The topological polar surface area (TPSA) is 49.2 Å². The third-order valence-electron chi connectivity index (χ3n) is 5.15. The van der Waals surface area contributed by atoms with Gasteiger partial charge >= 0.3 is 0 Å². The molecular weight excluding hydrogens is 310 g/mol. The Morgan fingerprint density at radius 1 is 1.20 bits per heavy atom. The van der Waals surface area contributed by atoms with E-state index in [0.29, 0.717) is 17.8 Å². The molecule has 0 amide bonds. The number of hydrogen-bond donors (Lipinski definition) is 2. The van der Waals surface area contributed by atoms with Crippen molar-refractivity contribution in [2.75, 3.05) is 13.1 Å². The molecule has 4 nitrogen and oxygen atoms in total. The summed E-state index contributed by atoms with van der Waals surface area (Å²) in [4.78, 5) is 20.0. The monoisotopic (exact) mass is 329 g/mol. The van der Waals surface area contributed by atoms with E-state index in [4.69, 9.17) is 6.57 Å². The molecule has 124 valence electrons. The Kier molecular flexibility index (Phi) is 3.87. The first-order valence-electron chi connectivity index (χ1n) is 8.50. The Morgan fingerprint density at radius 2 is 2.04 bits per heavy atom. The summed E-state index contributed by atoms with van der Waals surface area (Å²) in [6, 6.07) is 15.8. The predicted molar refractivity (Wildman–Crippen MR) is 99.0 cm³/mol. The summed E-state index contributed by atoms with van der Waals surface area (Å²) < 4.78 is 0. The first kappa shape index (κ1) is 15.6. The summed E-state index contributed by atoms with van der Waals surface area (Å²) in [6.07, 6.45) is 3.27. The van der Waals surface area contributed by atoms with Gasteiger partial charge in [-0.15, -0.1) is 0 Å². The smallest absolute Gasteiger partial charge is 0.211 e. The lowest BCUT2D eigenvalue weighted by molar-refractivity contribution is 0.0816. The Morgan fingerprint density at radius 3 is 2.76 bits per heavy atom. The molecule has 0 aliphatic carbocycles. The third kappa shape index (κ3) is 2.73. The van der Waals surface area contributed by atoms with E-state index in [9.17, 15) is 4.79 Å². The maximum Gasteiger partial charge on any atom is 0.211 e. The van der Waals surface area contributed by atoms with E-state index < -0.39 is 5.41 Å². The number of aromatic nitrogens is 1. The summed E-state index contributed by atoms with van der Waals surface area (Å²) in [5.41, 5.74) is 2.92. The van der Waals surface area contributed by atoms with E-state index in [-0.39, 0.29) is 5.78 Å². The minimum atomic E-state index is -0.413. The van der Waals surface area contributed by atoms with Crippen LogP contribution >= 0.6 is 0 Å². The number of rotatable bonds is 4. The number of carbonyl (C=O) groups is 1. The molecule has 4 rings (SSSR count). The minimum Gasteiger partial charge on any atom is -0.372 e. The van der Waals surface area contributed by atoms with Crippen LogP contribution in [0.4, 0.5) is 5.69 Å². The highest BCUT2D eigenvalue weighted by atomic mass is 16.1. The zero-order valence-electron chi connectivity index (χ0n) is 13.9. The van der Waals surface area contributed by atoms with E-state index in [1.807, 2.05) is 36.4 Å². The van der Waals surface area contributed by atoms with Crippen LogP contribution in [0.15, 0.2) is 54.7 Å². The van der Waals surface area contributed by atoms with Gasteiger partial charge in [0.1, 0.15) is 0 Å². The van der Waals surface area contributed by atoms with Gasteiger partial charge in [0.15, 0.2) is 5.78 Å². The molecule has 0 bridgehead atoms. The quantitative estimate of drug-likeness (QED) is 0.559. The van der Waals surface area contributed by atoms with Gasteiger partial charge in [0.2, 0.25) is 5.69 Å². The number of benzene rings is 2. The summed E-state index contributed by atoms with van der Waals surface area (Å²) >= 11 is 0.